The summed E-state index contributed by atoms with van der Waals surface area (Å²) in [6, 6.07) is 2.07. The first-order valence-electron chi connectivity index (χ1n) is 9.50. The molecule has 1 fully saturated rings. The van der Waals surface area contributed by atoms with Crippen LogP contribution in [0, 0.1) is 17.2 Å². The second kappa shape index (κ2) is 12.9. The van der Waals surface area contributed by atoms with E-state index >= 15 is 0 Å². The summed E-state index contributed by atoms with van der Waals surface area (Å²) in [4.78, 5) is 0. The fourth-order valence-electron chi connectivity index (χ4n) is 2.85. The van der Waals surface area contributed by atoms with E-state index in [1.807, 2.05) is 13.8 Å². The van der Waals surface area contributed by atoms with E-state index in [0.29, 0.717) is 6.61 Å². The molecule has 0 aliphatic carbocycles. The summed E-state index contributed by atoms with van der Waals surface area (Å²) < 4.78 is 40.4. The van der Waals surface area contributed by atoms with Gasteiger partial charge in [-0.15, -0.1) is 0 Å². The number of nitriles is 1. The van der Waals surface area contributed by atoms with E-state index in [1.165, 1.54) is 0 Å². The fraction of sp³-hybridized carbons (Fsp3) is 0.944. The maximum atomic E-state index is 15.0. The molecule has 6 nitrogen and oxygen atoms in total. The summed E-state index contributed by atoms with van der Waals surface area (Å²) in [5.74, 6) is -0.248. The van der Waals surface area contributed by atoms with Gasteiger partial charge in [-0.25, -0.2) is 9.06 Å². The largest absolute Gasteiger partial charge is 0.379 e. The molecular weight excluding hydrogens is 358 g/mol. The molecule has 8 heteroatoms. The maximum absolute atomic E-state index is 15.0. The lowest BCUT2D eigenvalue weighted by Crippen LogP contribution is -2.53. The normalized spacial score (nSPS) is 28.7. The quantitative estimate of drug-likeness (QED) is 0.369. The smallest absolute Gasteiger partial charge is 0.259 e. The Balaban J connectivity index is 2.95. The number of hydrogen-bond acceptors (Lipinski definition) is 6. The molecule has 0 spiro atoms. The van der Waals surface area contributed by atoms with Crippen LogP contribution in [0.15, 0.2) is 0 Å². The molecular formula is C18H34FN2O4P. The van der Waals surface area contributed by atoms with Gasteiger partial charge in [-0.1, -0.05) is 20.8 Å². The Morgan fingerprint density at radius 1 is 1.35 bits per heavy atom. The van der Waals surface area contributed by atoms with E-state index in [4.69, 9.17) is 23.8 Å². The third kappa shape index (κ3) is 6.99. The van der Waals surface area contributed by atoms with Crippen molar-refractivity contribution in [3.63, 3.8) is 0 Å². The molecule has 1 aliphatic rings. The zero-order valence-electron chi connectivity index (χ0n) is 16.7. The van der Waals surface area contributed by atoms with E-state index in [2.05, 4.69) is 24.6 Å². The lowest BCUT2D eigenvalue weighted by molar-refractivity contribution is -0.167. The van der Waals surface area contributed by atoms with Crippen molar-refractivity contribution in [1.29, 1.82) is 5.26 Å². The molecule has 26 heavy (non-hydrogen) atoms. The van der Waals surface area contributed by atoms with Crippen LogP contribution in [0.1, 0.15) is 47.0 Å². The van der Waals surface area contributed by atoms with E-state index < -0.39 is 26.9 Å². The first-order valence-corrected chi connectivity index (χ1v) is 10.6. The second-order valence-electron chi connectivity index (χ2n) is 6.66. The molecule has 1 unspecified atom stereocenters. The highest BCUT2D eigenvalue weighted by molar-refractivity contribution is 7.44. The predicted octanol–water partition coefficient (Wildman–Crippen LogP) is 4.06. The first-order chi connectivity index (χ1) is 12.5. The number of nitrogens with zero attached hydrogens (tertiary/aromatic N) is 2. The predicted molar refractivity (Wildman–Crippen MR) is 100 cm³/mol. The number of ether oxygens (including phenoxy) is 2. The molecule has 1 saturated heterocycles. The molecule has 0 saturated carbocycles. The van der Waals surface area contributed by atoms with Gasteiger partial charge in [-0.05, 0) is 19.8 Å². The molecule has 152 valence electrons. The molecule has 0 radical (unpaired) electrons. The van der Waals surface area contributed by atoms with Crippen molar-refractivity contribution in [3.8, 4) is 6.07 Å². The fourth-order valence-corrected chi connectivity index (χ4v) is 4.63. The van der Waals surface area contributed by atoms with Crippen molar-refractivity contribution in [2.24, 2.45) is 5.92 Å². The average Bonchev–Trinajstić information content (AvgIpc) is 2.64. The van der Waals surface area contributed by atoms with Crippen molar-refractivity contribution < 1.29 is 22.9 Å². The standard InChI is InChI=1S/C18H34FN2O4P/c1-6-10-21(11-7-2)26(24-12-8-9-20)25-18-16(19)14(3)13-23-17(18)15(4)22-5/h14-18H,6-8,10-13H2,1-5H3/t14-,15+,16+,17-,18+,26?/m1/s1. The Morgan fingerprint density at radius 2 is 2.00 bits per heavy atom. The number of alkyl halides is 1. The summed E-state index contributed by atoms with van der Waals surface area (Å²) in [5.41, 5.74) is 0. The van der Waals surface area contributed by atoms with Gasteiger partial charge < -0.3 is 18.5 Å². The first kappa shape index (κ1) is 23.7. The van der Waals surface area contributed by atoms with Gasteiger partial charge >= 0.3 is 0 Å². The van der Waals surface area contributed by atoms with Gasteiger partial charge in [0.2, 0.25) is 0 Å². The van der Waals surface area contributed by atoms with Crippen LogP contribution in [0.25, 0.3) is 0 Å². The molecule has 0 N–H and O–H groups in total. The highest BCUT2D eigenvalue weighted by Crippen LogP contribution is 2.47. The maximum Gasteiger partial charge on any atom is 0.259 e. The van der Waals surface area contributed by atoms with E-state index in [-0.39, 0.29) is 25.0 Å². The molecule has 0 aromatic carbocycles. The summed E-state index contributed by atoms with van der Waals surface area (Å²) in [7, 11) is 0.121. The highest BCUT2D eigenvalue weighted by atomic mass is 31.2. The Bertz CT molecular complexity index is 420. The van der Waals surface area contributed by atoms with Crippen molar-refractivity contribution in [3.05, 3.63) is 0 Å². The lowest BCUT2D eigenvalue weighted by Gasteiger charge is -2.42. The van der Waals surface area contributed by atoms with E-state index in [9.17, 15) is 4.39 Å². The molecule has 0 bridgehead atoms. The van der Waals surface area contributed by atoms with Crippen LogP contribution in [-0.2, 0) is 18.5 Å². The van der Waals surface area contributed by atoms with Gasteiger partial charge in [-0.2, -0.15) is 5.26 Å². The van der Waals surface area contributed by atoms with Crippen LogP contribution < -0.4 is 0 Å². The van der Waals surface area contributed by atoms with Crippen molar-refractivity contribution in [2.75, 3.05) is 33.4 Å². The monoisotopic (exact) mass is 392 g/mol. The van der Waals surface area contributed by atoms with Crippen LogP contribution >= 0.6 is 8.53 Å². The van der Waals surface area contributed by atoms with Gasteiger partial charge in [0.25, 0.3) is 8.53 Å². The second-order valence-corrected chi connectivity index (χ2v) is 8.17. The summed E-state index contributed by atoms with van der Waals surface area (Å²) in [6.07, 6.45) is -0.507. The minimum atomic E-state index is -1.47. The Hall–Kier alpha value is -0.350. The minimum Gasteiger partial charge on any atom is -0.379 e. The van der Waals surface area contributed by atoms with E-state index in [0.717, 1.165) is 25.9 Å². The van der Waals surface area contributed by atoms with Gasteiger partial charge in [0.15, 0.2) is 0 Å². The lowest BCUT2D eigenvalue weighted by atomic mass is 9.93. The van der Waals surface area contributed by atoms with Crippen LogP contribution in [-0.4, -0.2) is 62.6 Å². The van der Waals surface area contributed by atoms with Crippen LogP contribution in [0.4, 0.5) is 4.39 Å². The van der Waals surface area contributed by atoms with Crippen LogP contribution in [0.2, 0.25) is 0 Å². The van der Waals surface area contributed by atoms with Gasteiger partial charge in [-0.3, -0.25) is 0 Å². The topological polar surface area (TPSA) is 64.0 Å². The molecule has 6 atom stereocenters. The van der Waals surface area contributed by atoms with Crippen molar-refractivity contribution >= 4 is 8.53 Å². The van der Waals surface area contributed by atoms with Crippen LogP contribution in [0.5, 0.6) is 0 Å². The zero-order valence-corrected chi connectivity index (χ0v) is 17.6. The van der Waals surface area contributed by atoms with Crippen molar-refractivity contribution in [2.45, 2.75) is 71.4 Å². The highest BCUT2D eigenvalue weighted by Gasteiger charge is 2.44. The Labute approximate surface area is 158 Å². The van der Waals surface area contributed by atoms with E-state index in [1.54, 1.807) is 7.11 Å². The summed E-state index contributed by atoms with van der Waals surface area (Å²) in [5, 5.41) is 8.80. The van der Waals surface area contributed by atoms with Gasteiger partial charge in [0.1, 0.15) is 18.4 Å². The number of rotatable bonds is 12. The summed E-state index contributed by atoms with van der Waals surface area (Å²) in [6.45, 7) is 10.1. The third-order valence-corrected chi connectivity index (χ3v) is 6.08. The Morgan fingerprint density at radius 3 is 2.54 bits per heavy atom. The average molecular weight is 392 g/mol. The molecule has 0 amide bonds. The van der Waals surface area contributed by atoms with Crippen molar-refractivity contribution in [1.82, 2.24) is 4.67 Å². The molecule has 1 aliphatic heterocycles. The zero-order chi connectivity index (χ0) is 19.5. The Kier molecular flexibility index (Phi) is 11.8. The SMILES string of the molecule is CCCN(CCC)P(OCCC#N)O[C@H]1[C@@H](F)[C@H](C)CO[C@@H]1[C@H](C)OC. The van der Waals surface area contributed by atoms with Gasteiger partial charge in [0.05, 0.1) is 31.8 Å². The molecule has 1 heterocycles. The molecule has 0 aromatic rings. The van der Waals surface area contributed by atoms with Gasteiger partial charge in [0, 0.05) is 26.1 Å². The number of hydrogen-bond donors (Lipinski definition) is 0. The molecule has 1 rings (SSSR count). The molecule has 0 aromatic heterocycles. The minimum absolute atomic E-state index is 0.248. The number of halogens is 1. The number of methoxy groups -OCH3 is 1. The third-order valence-electron chi connectivity index (χ3n) is 4.39. The van der Waals surface area contributed by atoms with Crippen LogP contribution in [0.3, 0.4) is 0 Å². The summed E-state index contributed by atoms with van der Waals surface area (Å²) >= 11 is 0.